The van der Waals surface area contributed by atoms with E-state index >= 15 is 0 Å². The zero-order chi connectivity index (χ0) is 19.5. The first-order valence-electron chi connectivity index (χ1n) is 8.96. The van der Waals surface area contributed by atoms with Gasteiger partial charge in [0, 0.05) is 17.4 Å². The average Bonchev–Trinajstić information content (AvgIpc) is 3.09. The topological polar surface area (TPSA) is 56.3 Å². The fraction of sp³-hybridized carbons (Fsp3) is 0.182. The maximum absolute atomic E-state index is 5.50. The predicted molar refractivity (Wildman–Crippen MR) is 114 cm³/mol. The summed E-state index contributed by atoms with van der Waals surface area (Å²) in [5.41, 5.74) is 1.98. The Hall–Kier alpha value is -3.12. The lowest BCUT2D eigenvalue weighted by atomic mass is 10.1. The van der Waals surface area contributed by atoms with Crippen molar-refractivity contribution in [3.05, 3.63) is 70.9 Å². The minimum atomic E-state index is 0.678. The zero-order valence-corrected chi connectivity index (χ0v) is 16.8. The van der Waals surface area contributed by atoms with Crippen LogP contribution in [0.2, 0.25) is 0 Å². The van der Waals surface area contributed by atoms with E-state index in [1.54, 1.807) is 25.6 Å². The third-order valence-electron chi connectivity index (χ3n) is 4.43. The van der Waals surface area contributed by atoms with Gasteiger partial charge in [-0.1, -0.05) is 30.3 Å². The highest BCUT2D eigenvalue weighted by Crippen LogP contribution is 2.35. The Morgan fingerprint density at radius 2 is 1.79 bits per heavy atom. The molecule has 0 aliphatic rings. The second-order valence-electron chi connectivity index (χ2n) is 6.42. The molecule has 0 atom stereocenters. The minimum absolute atomic E-state index is 0.678. The number of hydrogen-bond donors (Lipinski definition) is 1. The number of ether oxygens (including phenoxy) is 2. The van der Waals surface area contributed by atoms with Gasteiger partial charge in [-0.3, -0.25) is 0 Å². The fourth-order valence-corrected chi connectivity index (χ4v) is 3.98. The first-order valence-corrected chi connectivity index (χ1v) is 9.78. The summed E-state index contributed by atoms with van der Waals surface area (Å²) in [4.78, 5) is 11.8. The number of nitrogens with one attached hydrogen (secondary N) is 1. The Labute approximate surface area is 168 Å². The summed E-state index contributed by atoms with van der Waals surface area (Å²) in [7, 11) is 3.30. The smallest absolute Gasteiger partial charge is 0.143 e. The van der Waals surface area contributed by atoms with Crippen LogP contribution in [0, 0.1) is 6.92 Å². The van der Waals surface area contributed by atoms with Crippen molar-refractivity contribution < 1.29 is 9.47 Å². The van der Waals surface area contributed by atoms with Crippen LogP contribution < -0.4 is 14.8 Å². The Bertz CT molecular complexity index is 1110. The molecule has 0 radical (unpaired) electrons. The number of methoxy groups -OCH3 is 2. The molecule has 4 aromatic rings. The number of rotatable bonds is 6. The van der Waals surface area contributed by atoms with Crippen LogP contribution in [0.3, 0.4) is 0 Å². The normalized spacial score (nSPS) is 10.8. The van der Waals surface area contributed by atoms with Gasteiger partial charge < -0.3 is 14.8 Å². The summed E-state index contributed by atoms with van der Waals surface area (Å²) in [6, 6.07) is 18.0. The van der Waals surface area contributed by atoms with E-state index in [0.29, 0.717) is 6.42 Å². The van der Waals surface area contributed by atoms with E-state index in [0.717, 1.165) is 39.0 Å². The van der Waals surface area contributed by atoms with Gasteiger partial charge in [0.25, 0.3) is 0 Å². The molecule has 0 saturated carbocycles. The number of aryl methyl sites for hydroxylation is 1. The lowest BCUT2D eigenvalue weighted by Crippen LogP contribution is -2.03. The summed E-state index contributed by atoms with van der Waals surface area (Å²) in [6.07, 6.45) is 0.678. The standard InChI is InChI=1S/C22H21N3O2S/c1-14-11-17-21(23-18-13-16(26-2)9-10-19(18)27-3)24-20(25-22(17)28-14)12-15-7-5-4-6-8-15/h4-11,13H,12H2,1-3H3,(H,23,24,25). The quantitative estimate of drug-likeness (QED) is 0.480. The molecule has 2 heterocycles. The highest BCUT2D eigenvalue weighted by atomic mass is 32.1. The summed E-state index contributed by atoms with van der Waals surface area (Å²) in [5, 5.41) is 4.44. The van der Waals surface area contributed by atoms with Gasteiger partial charge in [-0.25, -0.2) is 9.97 Å². The van der Waals surface area contributed by atoms with Crippen molar-refractivity contribution in [2.75, 3.05) is 19.5 Å². The van der Waals surface area contributed by atoms with Gasteiger partial charge in [0.15, 0.2) is 0 Å². The van der Waals surface area contributed by atoms with E-state index < -0.39 is 0 Å². The Morgan fingerprint density at radius 1 is 0.964 bits per heavy atom. The van der Waals surface area contributed by atoms with Crippen molar-refractivity contribution in [1.29, 1.82) is 0 Å². The molecule has 28 heavy (non-hydrogen) atoms. The van der Waals surface area contributed by atoms with Crippen molar-refractivity contribution in [3.63, 3.8) is 0 Å². The predicted octanol–water partition coefficient (Wildman–Crippen LogP) is 5.35. The van der Waals surface area contributed by atoms with Gasteiger partial charge in [0.1, 0.15) is 28.0 Å². The summed E-state index contributed by atoms with van der Waals surface area (Å²) < 4.78 is 10.9. The summed E-state index contributed by atoms with van der Waals surface area (Å²) in [5.74, 6) is 3.03. The van der Waals surface area contributed by atoms with Gasteiger partial charge in [-0.05, 0) is 30.7 Å². The SMILES string of the molecule is COc1ccc(OC)c(Nc2nc(Cc3ccccc3)nc3sc(C)cc23)c1. The monoisotopic (exact) mass is 391 g/mol. The van der Waals surface area contributed by atoms with E-state index in [1.807, 2.05) is 36.4 Å². The molecule has 142 valence electrons. The van der Waals surface area contributed by atoms with Crippen molar-refractivity contribution >= 4 is 33.1 Å². The molecule has 0 fully saturated rings. The average molecular weight is 391 g/mol. The van der Waals surface area contributed by atoms with Gasteiger partial charge in [0.2, 0.25) is 0 Å². The highest BCUT2D eigenvalue weighted by Gasteiger charge is 2.14. The molecule has 4 rings (SSSR count). The molecule has 0 aliphatic carbocycles. The number of hydrogen-bond acceptors (Lipinski definition) is 6. The van der Waals surface area contributed by atoms with E-state index in [4.69, 9.17) is 19.4 Å². The summed E-state index contributed by atoms with van der Waals surface area (Å²) in [6.45, 7) is 2.08. The first kappa shape index (κ1) is 18.3. The van der Waals surface area contributed by atoms with Crippen molar-refractivity contribution in [2.24, 2.45) is 0 Å². The van der Waals surface area contributed by atoms with Crippen LogP contribution in [0.5, 0.6) is 11.5 Å². The van der Waals surface area contributed by atoms with Crippen LogP contribution in [-0.4, -0.2) is 24.2 Å². The maximum atomic E-state index is 5.50. The van der Waals surface area contributed by atoms with E-state index in [2.05, 4.69) is 30.4 Å². The van der Waals surface area contributed by atoms with Gasteiger partial charge >= 0.3 is 0 Å². The third kappa shape index (κ3) is 3.77. The van der Waals surface area contributed by atoms with Crippen LogP contribution >= 0.6 is 11.3 Å². The molecule has 5 nitrogen and oxygen atoms in total. The largest absolute Gasteiger partial charge is 0.497 e. The third-order valence-corrected chi connectivity index (χ3v) is 5.37. The first-order chi connectivity index (χ1) is 13.7. The number of fused-ring (bicyclic) bond motifs is 1. The van der Waals surface area contributed by atoms with Crippen LogP contribution in [0.1, 0.15) is 16.3 Å². The van der Waals surface area contributed by atoms with E-state index in [-0.39, 0.29) is 0 Å². The Balaban J connectivity index is 1.77. The fourth-order valence-electron chi connectivity index (χ4n) is 3.08. The molecule has 0 aliphatic heterocycles. The number of nitrogens with zero attached hydrogens (tertiary/aromatic N) is 2. The molecule has 6 heteroatoms. The number of benzene rings is 2. The lowest BCUT2D eigenvalue weighted by Gasteiger charge is -2.13. The van der Waals surface area contributed by atoms with Crippen molar-refractivity contribution in [2.45, 2.75) is 13.3 Å². The summed E-state index contributed by atoms with van der Waals surface area (Å²) >= 11 is 1.67. The second kappa shape index (κ2) is 7.86. The zero-order valence-electron chi connectivity index (χ0n) is 16.0. The molecule has 0 saturated heterocycles. The van der Waals surface area contributed by atoms with Crippen LogP contribution in [0.15, 0.2) is 54.6 Å². The van der Waals surface area contributed by atoms with Gasteiger partial charge in [-0.15, -0.1) is 11.3 Å². The molecular weight excluding hydrogens is 370 g/mol. The van der Waals surface area contributed by atoms with Crippen LogP contribution in [-0.2, 0) is 6.42 Å². The molecule has 0 unspecified atom stereocenters. The molecule has 2 aromatic heterocycles. The van der Waals surface area contributed by atoms with Crippen LogP contribution in [0.4, 0.5) is 11.5 Å². The molecule has 0 amide bonds. The van der Waals surface area contributed by atoms with Gasteiger partial charge in [0.05, 0.1) is 25.3 Å². The molecule has 2 aromatic carbocycles. The maximum Gasteiger partial charge on any atom is 0.143 e. The lowest BCUT2D eigenvalue weighted by molar-refractivity contribution is 0.405. The second-order valence-corrected chi connectivity index (χ2v) is 7.65. The van der Waals surface area contributed by atoms with Gasteiger partial charge in [-0.2, -0.15) is 0 Å². The number of thiophene rings is 1. The highest BCUT2D eigenvalue weighted by molar-refractivity contribution is 7.18. The van der Waals surface area contributed by atoms with E-state index in [9.17, 15) is 0 Å². The Kier molecular flexibility index (Phi) is 5.12. The Morgan fingerprint density at radius 3 is 2.54 bits per heavy atom. The van der Waals surface area contributed by atoms with E-state index in [1.165, 1.54) is 10.4 Å². The molecule has 1 N–H and O–H groups in total. The molecular formula is C22H21N3O2S. The molecule has 0 bridgehead atoms. The molecule has 0 spiro atoms. The van der Waals surface area contributed by atoms with Crippen molar-refractivity contribution in [1.82, 2.24) is 9.97 Å². The number of aromatic nitrogens is 2. The minimum Gasteiger partial charge on any atom is -0.497 e. The van der Waals surface area contributed by atoms with Crippen molar-refractivity contribution in [3.8, 4) is 11.5 Å². The number of anilines is 2. The van der Waals surface area contributed by atoms with Crippen LogP contribution in [0.25, 0.3) is 10.2 Å².